The maximum absolute atomic E-state index is 11.2. The molecule has 0 saturated carbocycles. The number of carbonyl (C=O) groups excluding carboxylic acids is 2. The first kappa shape index (κ1) is 10.6. The summed E-state index contributed by atoms with van der Waals surface area (Å²) in [4.78, 5) is 22.3. The monoisotopic (exact) mass is 237 g/mol. The SMILES string of the molecule is O=C1NC(=O)/C(=C\c2ccc(O)c(O)c2)S1. The lowest BCUT2D eigenvalue weighted by Gasteiger charge is -1.99. The Balaban J connectivity index is 2.32. The van der Waals surface area contributed by atoms with Gasteiger partial charge in [0, 0.05) is 0 Å². The highest BCUT2D eigenvalue weighted by atomic mass is 32.2. The third-order valence-corrected chi connectivity index (χ3v) is 2.75. The van der Waals surface area contributed by atoms with Crippen LogP contribution in [0.3, 0.4) is 0 Å². The molecule has 5 nitrogen and oxygen atoms in total. The Labute approximate surface area is 94.8 Å². The normalized spacial score (nSPS) is 17.9. The van der Waals surface area contributed by atoms with Gasteiger partial charge < -0.3 is 10.2 Å². The van der Waals surface area contributed by atoms with Crippen molar-refractivity contribution in [3.8, 4) is 11.5 Å². The standard InChI is InChI=1S/C10H7NO4S/c12-6-2-1-5(3-7(6)13)4-8-9(14)11-10(15)16-8/h1-4,12-13H,(H,11,14,15)/b8-4+. The number of phenolic OH excluding ortho intramolecular Hbond substituents is 2. The van der Waals surface area contributed by atoms with E-state index < -0.39 is 11.1 Å². The summed E-state index contributed by atoms with van der Waals surface area (Å²) in [6.07, 6.45) is 1.46. The molecular weight excluding hydrogens is 230 g/mol. The van der Waals surface area contributed by atoms with Crippen LogP contribution in [0.2, 0.25) is 0 Å². The van der Waals surface area contributed by atoms with E-state index >= 15 is 0 Å². The highest BCUT2D eigenvalue weighted by Crippen LogP contribution is 2.29. The minimum Gasteiger partial charge on any atom is -0.504 e. The first-order chi connectivity index (χ1) is 7.56. The van der Waals surface area contributed by atoms with Crippen molar-refractivity contribution in [2.24, 2.45) is 0 Å². The van der Waals surface area contributed by atoms with Gasteiger partial charge in [0.2, 0.25) is 0 Å². The summed E-state index contributed by atoms with van der Waals surface area (Å²) in [5.74, 6) is -0.964. The number of phenols is 2. The van der Waals surface area contributed by atoms with Crippen LogP contribution in [0.25, 0.3) is 6.08 Å². The van der Waals surface area contributed by atoms with Crippen molar-refractivity contribution < 1.29 is 19.8 Å². The molecular formula is C10H7NO4S. The van der Waals surface area contributed by atoms with E-state index in [1.54, 1.807) is 0 Å². The van der Waals surface area contributed by atoms with Crippen LogP contribution in [-0.2, 0) is 4.79 Å². The van der Waals surface area contributed by atoms with Crippen LogP contribution in [0.1, 0.15) is 5.56 Å². The van der Waals surface area contributed by atoms with Crippen LogP contribution < -0.4 is 5.32 Å². The van der Waals surface area contributed by atoms with Gasteiger partial charge in [-0.1, -0.05) is 6.07 Å². The smallest absolute Gasteiger partial charge is 0.290 e. The summed E-state index contributed by atoms with van der Waals surface area (Å²) < 4.78 is 0. The third-order valence-electron chi connectivity index (χ3n) is 1.94. The zero-order valence-corrected chi connectivity index (χ0v) is 8.75. The summed E-state index contributed by atoms with van der Waals surface area (Å²) in [5.41, 5.74) is 0.530. The lowest BCUT2D eigenvalue weighted by Crippen LogP contribution is -2.17. The Morgan fingerprint density at radius 3 is 2.50 bits per heavy atom. The molecule has 1 aromatic carbocycles. The average Bonchev–Trinajstić information content (AvgIpc) is 2.51. The second kappa shape index (κ2) is 3.90. The summed E-state index contributed by atoms with van der Waals surface area (Å²) in [6.45, 7) is 0. The van der Waals surface area contributed by atoms with Gasteiger partial charge in [0.25, 0.3) is 11.1 Å². The molecule has 2 amide bonds. The van der Waals surface area contributed by atoms with Crippen LogP contribution in [-0.4, -0.2) is 21.4 Å². The van der Waals surface area contributed by atoms with Crippen molar-refractivity contribution in [2.45, 2.75) is 0 Å². The number of thioether (sulfide) groups is 1. The summed E-state index contributed by atoms with van der Waals surface area (Å²) >= 11 is 0.796. The molecule has 0 bridgehead atoms. The Morgan fingerprint density at radius 2 is 1.94 bits per heavy atom. The van der Waals surface area contributed by atoms with Crippen LogP contribution in [0, 0.1) is 0 Å². The van der Waals surface area contributed by atoms with Crippen LogP contribution >= 0.6 is 11.8 Å². The summed E-state index contributed by atoms with van der Waals surface area (Å²) in [5, 5.41) is 20.0. The largest absolute Gasteiger partial charge is 0.504 e. The highest BCUT2D eigenvalue weighted by molar-refractivity contribution is 8.18. The number of hydrogen-bond acceptors (Lipinski definition) is 5. The zero-order chi connectivity index (χ0) is 11.7. The molecule has 1 heterocycles. The number of nitrogens with one attached hydrogen (secondary N) is 1. The second-order valence-corrected chi connectivity index (χ2v) is 4.12. The number of benzene rings is 1. The van der Waals surface area contributed by atoms with E-state index in [0.717, 1.165) is 11.8 Å². The Morgan fingerprint density at radius 1 is 1.19 bits per heavy atom. The molecule has 1 aliphatic heterocycles. The molecule has 3 N–H and O–H groups in total. The second-order valence-electron chi connectivity index (χ2n) is 3.10. The molecule has 1 aromatic rings. The van der Waals surface area contributed by atoms with Crippen molar-refractivity contribution in [1.82, 2.24) is 5.32 Å². The van der Waals surface area contributed by atoms with Gasteiger partial charge in [-0.05, 0) is 35.5 Å². The lowest BCUT2D eigenvalue weighted by molar-refractivity contribution is -0.115. The number of imide groups is 1. The molecule has 0 spiro atoms. The van der Waals surface area contributed by atoms with Crippen molar-refractivity contribution in [3.63, 3.8) is 0 Å². The minimum atomic E-state index is -0.456. The topological polar surface area (TPSA) is 86.6 Å². The molecule has 0 atom stereocenters. The van der Waals surface area contributed by atoms with Crippen LogP contribution in [0.4, 0.5) is 4.79 Å². The van der Waals surface area contributed by atoms with Gasteiger partial charge in [0.05, 0.1) is 4.91 Å². The van der Waals surface area contributed by atoms with Crippen LogP contribution in [0.15, 0.2) is 23.1 Å². The predicted octanol–water partition coefficient (Wildman–Crippen LogP) is 1.42. The molecule has 0 aromatic heterocycles. The van der Waals surface area contributed by atoms with E-state index in [1.165, 1.54) is 24.3 Å². The van der Waals surface area contributed by atoms with Crippen molar-refractivity contribution in [3.05, 3.63) is 28.7 Å². The van der Waals surface area contributed by atoms with E-state index in [2.05, 4.69) is 5.32 Å². The van der Waals surface area contributed by atoms with Crippen molar-refractivity contribution >= 4 is 29.0 Å². The van der Waals surface area contributed by atoms with E-state index in [0.29, 0.717) is 5.56 Å². The minimum absolute atomic E-state index is 0.234. The van der Waals surface area contributed by atoms with Crippen molar-refractivity contribution in [1.29, 1.82) is 0 Å². The Hall–Kier alpha value is -1.95. The van der Waals surface area contributed by atoms with Gasteiger partial charge in [-0.25, -0.2) is 0 Å². The zero-order valence-electron chi connectivity index (χ0n) is 7.93. The number of hydrogen-bond donors (Lipinski definition) is 3. The number of amides is 2. The molecule has 6 heteroatoms. The summed E-state index contributed by atoms with van der Waals surface area (Å²) in [6, 6.07) is 4.14. The fourth-order valence-corrected chi connectivity index (χ4v) is 1.88. The molecule has 0 aliphatic carbocycles. The predicted molar refractivity (Wildman–Crippen MR) is 58.9 cm³/mol. The van der Waals surface area contributed by atoms with Gasteiger partial charge in [-0.2, -0.15) is 0 Å². The fourth-order valence-electron chi connectivity index (χ4n) is 1.20. The van der Waals surface area contributed by atoms with E-state index in [-0.39, 0.29) is 16.4 Å². The maximum atomic E-state index is 11.2. The number of aromatic hydroxyl groups is 2. The molecule has 1 saturated heterocycles. The molecule has 16 heavy (non-hydrogen) atoms. The van der Waals surface area contributed by atoms with E-state index in [4.69, 9.17) is 5.11 Å². The number of rotatable bonds is 1. The van der Waals surface area contributed by atoms with E-state index in [1.807, 2.05) is 0 Å². The Kier molecular flexibility index (Phi) is 2.57. The van der Waals surface area contributed by atoms with Gasteiger partial charge in [-0.3, -0.25) is 14.9 Å². The first-order valence-electron chi connectivity index (χ1n) is 4.33. The van der Waals surface area contributed by atoms with Gasteiger partial charge in [0.15, 0.2) is 11.5 Å². The summed E-state index contributed by atoms with van der Waals surface area (Å²) in [7, 11) is 0. The molecule has 82 valence electrons. The molecule has 2 rings (SSSR count). The van der Waals surface area contributed by atoms with Crippen molar-refractivity contribution in [2.75, 3.05) is 0 Å². The van der Waals surface area contributed by atoms with Crippen LogP contribution in [0.5, 0.6) is 11.5 Å². The molecule has 0 radical (unpaired) electrons. The lowest BCUT2D eigenvalue weighted by atomic mass is 10.2. The molecule has 0 unspecified atom stereocenters. The molecule has 1 fully saturated rings. The first-order valence-corrected chi connectivity index (χ1v) is 5.15. The fraction of sp³-hybridized carbons (Fsp3) is 0. The quantitative estimate of drug-likeness (QED) is 0.508. The van der Waals surface area contributed by atoms with E-state index in [9.17, 15) is 14.7 Å². The Bertz CT molecular complexity index is 510. The highest BCUT2D eigenvalue weighted by Gasteiger charge is 2.24. The molecule has 1 aliphatic rings. The average molecular weight is 237 g/mol. The maximum Gasteiger partial charge on any atom is 0.290 e. The van der Waals surface area contributed by atoms with Gasteiger partial charge in [-0.15, -0.1) is 0 Å². The third kappa shape index (κ3) is 2.01. The van der Waals surface area contributed by atoms with Gasteiger partial charge >= 0.3 is 0 Å². The van der Waals surface area contributed by atoms with Gasteiger partial charge in [0.1, 0.15) is 0 Å². The number of carbonyl (C=O) groups is 2.